The summed E-state index contributed by atoms with van der Waals surface area (Å²) in [5.41, 5.74) is 1.60. The van der Waals surface area contributed by atoms with Crippen LogP contribution in [0.3, 0.4) is 0 Å². The van der Waals surface area contributed by atoms with Crippen molar-refractivity contribution in [3.8, 4) is 0 Å². The molecule has 3 aromatic rings. The van der Waals surface area contributed by atoms with Gasteiger partial charge in [-0.15, -0.1) is 14.8 Å². The van der Waals surface area contributed by atoms with Crippen LogP contribution in [-0.2, 0) is 10.2 Å². The van der Waals surface area contributed by atoms with Crippen LogP contribution in [0.2, 0.25) is 0 Å². The number of tetrazole rings is 1. The Labute approximate surface area is 137 Å². The molecule has 1 N–H and O–H groups in total. The van der Waals surface area contributed by atoms with E-state index in [4.69, 9.17) is 4.74 Å². The van der Waals surface area contributed by atoms with Gasteiger partial charge in [-0.1, -0.05) is 12.1 Å². The van der Waals surface area contributed by atoms with E-state index >= 15 is 0 Å². The van der Waals surface area contributed by atoms with Crippen molar-refractivity contribution in [2.24, 2.45) is 0 Å². The fourth-order valence-electron chi connectivity index (χ4n) is 3.14. The van der Waals surface area contributed by atoms with Gasteiger partial charge in [-0.25, -0.2) is 4.39 Å². The number of anilines is 1. The normalized spacial score (nSPS) is 17.0. The molecule has 7 nitrogen and oxygen atoms in total. The van der Waals surface area contributed by atoms with Gasteiger partial charge in [0.15, 0.2) is 5.65 Å². The number of aromatic nitrogens is 5. The van der Waals surface area contributed by atoms with E-state index < -0.39 is 0 Å². The molecule has 0 unspecified atom stereocenters. The summed E-state index contributed by atoms with van der Waals surface area (Å²) in [6, 6.07) is 10.4. The molecule has 0 aliphatic carbocycles. The number of ether oxygens (including phenoxy) is 1. The van der Waals surface area contributed by atoms with E-state index in [0.29, 0.717) is 31.2 Å². The highest BCUT2D eigenvalue weighted by Crippen LogP contribution is 2.35. The highest BCUT2D eigenvalue weighted by atomic mass is 19.1. The van der Waals surface area contributed by atoms with Gasteiger partial charge in [-0.05, 0) is 53.1 Å². The van der Waals surface area contributed by atoms with Gasteiger partial charge >= 0.3 is 0 Å². The fourth-order valence-corrected chi connectivity index (χ4v) is 3.14. The molecule has 1 aliphatic rings. The van der Waals surface area contributed by atoms with Gasteiger partial charge in [0.2, 0.25) is 0 Å². The van der Waals surface area contributed by atoms with Crippen molar-refractivity contribution >= 4 is 11.5 Å². The first-order valence-electron chi connectivity index (χ1n) is 7.88. The lowest BCUT2D eigenvalue weighted by Gasteiger charge is -2.38. The number of fused-ring (bicyclic) bond motifs is 1. The lowest BCUT2D eigenvalue weighted by atomic mass is 9.74. The monoisotopic (exact) mass is 328 g/mol. The molecule has 1 fully saturated rings. The zero-order chi connectivity index (χ0) is 16.4. The minimum atomic E-state index is -0.222. The van der Waals surface area contributed by atoms with Gasteiger partial charge in [-0.3, -0.25) is 0 Å². The second-order valence-corrected chi connectivity index (χ2v) is 6.00. The minimum Gasteiger partial charge on any atom is -0.381 e. The van der Waals surface area contributed by atoms with E-state index in [-0.39, 0.29) is 11.2 Å². The first-order valence-corrected chi connectivity index (χ1v) is 7.88. The fraction of sp³-hybridized carbons (Fsp3) is 0.375. The topological polar surface area (TPSA) is 77.2 Å². The maximum Gasteiger partial charge on any atom is 0.200 e. The molecule has 1 saturated heterocycles. The first-order chi connectivity index (χ1) is 11.8. The van der Waals surface area contributed by atoms with Crippen molar-refractivity contribution in [2.45, 2.75) is 18.3 Å². The van der Waals surface area contributed by atoms with E-state index in [2.05, 4.69) is 25.9 Å². The van der Waals surface area contributed by atoms with Crippen LogP contribution in [0.4, 0.5) is 10.2 Å². The molecule has 0 saturated carbocycles. The maximum atomic E-state index is 13.3. The highest BCUT2D eigenvalue weighted by Gasteiger charge is 2.34. The molecule has 2 aromatic heterocycles. The number of rotatable bonds is 4. The molecule has 1 aliphatic heterocycles. The zero-order valence-electron chi connectivity index (χ0n) is 13.0. The van der Waals surface area contributed by atoms with Crippen LogP contribution in [0.25, 0.3) is 5.65 Å². The zero-order valence-corrected chi connectivity index (χ0v) is 13.0. The number of halogens is 1. The summed E-state index contributed by atoms with van der Waals surface area (Å²) in [5.74, 6) is 0.475. The van der Waals surface area contributed by atoms with E-state index in [1.54, 1.807) is 0 Å². The average molecular weight is 328 g/mol. The summed E-state index contributed by atoms with van der Waals surface area (Å²) in [5, 5.41) is 18.9. The Morgan fingerprint density at radius 1 is 1.12 bits per heavy atom. The predicted octanol–water partition coefficient (Wildman–Crippen LogP) is 1.82. The molecule has 24 heavy (non-hydrogen) atoms. The first kappa shape index (κ1) is 14.9. The van der Waals surface area contributed by atoms with Crippen molar-refractivity contribution in [1.29, 1.82) is 0 Å². The minimum absolute atomic E-state index is 0.108. The maximum absolute atomic E-state index is 13.3. The Balaban J connectivity index is 1.58. The van der Waals surface area contributed by atoms with Crippen molar-refractivity contribution in [3.05, 3.63) is 47.8 Å². The van der Waals surface area contributed by atoms with Gasteiger partial charge < -0.3 is 10.1 Å². The molecule has 0 spiro atoms. The molecule has 4 rings (SSSR count). The van der Waals surface area contributed by atoms with Crippen molar-refractivity contribution in [1.82, 2.24) is 25.3 Å². The number of nitrogens with one attached hydrogen (secondary N) is 1. The molecule has 124 valence electrons. The summed E-state index contributed by atoms with van der Waals surface area (Å²) in [7, 11) is 0. The van der Waals surface area contributed by atoms with E-state index in [9.17, 15) is 4.39 Å². The summed E-state index contributed by atoms with van der Waals surface area (Å²) in [6.45, 7) is 2.07. The predicted molar refractivity (Wildman–Crippen MR) is 85.2 cm³/mol. The molecule has 0 radical (unpaired) electrons. The lowest BCUT2D eigenvalue weighted by Crippen LogP contribution is -2.40. The molecular weight excluding hydrogens is 311 g/mol. The Hall–Kier alpha value is -2.61. The van der Waals surface area contributed by atoms with Crippen LogP contribution in [0.5, 0.6) is 0 Å². The molecule has 1 aromatic carbocycles. The van der Waals surface area contributed by atoms with Gasteiger partial charge in [0.05, 0.1) is 0 Å². The molecule has 3 heterocycles. The Kier molecular flexibility index (Phi) is 3.81. The molecule has 0 bridgehead atoms. The van der Waals surface area contributed by atoms with Gasteiger partial charge in [-0.2, -0.15) is 0 Å². The van der Waals surface area contributed by atoms with Crippen LogP contribution >= 0.6 is 0 Å². The van der Waals surface area contributed by atoms with Crippen LogP contribution in [-0.4, -0.2) is 45.0 Å². The van der Waals surface area contributed by atoms with Gasteiger partial charge in [0, 0.05) is 25.2 Å². The van der Waals surface area contributed by atoms with Crippen LogP contribution in [0.1, 0.15) is 18.4 Å². The smallest absolute Gasteiger partial charge is 0.200 e. The summed E-state index contributed by atoms with van der Waals surface area (Å²) in [4.78, 5) is 0. The van der Waals surface area contributed by atoms with E-state index in [1.807, 2.05) is 24.3 Å². The Morgan fingerprint density at radius 2 is 1.92 bits per heavy atom. The number of hydrogen-bond donors (Lipinski definition) is 1. The molecular formula is C16H17FN6O. The third kappa shape index (κ3) is 2.80. The second-order valence-electron chi connectivity index (χ2n) is 6.00. The number of benzene rings is 1. The van der Waals surface area contributed by atoms with Gasteiger partial charge in [0.25, 0.3) is 0 Å². The van der Waals surface area contributed by atoms with Crippen molar-refractivity contribution < 1.29 is 9.13 Å². The quantitative estimate of drug-likeness (QED) is 0.787. The van der Waals surface area contributed by atoms with Gasteiger partial charge in [0.1, 0.15) is 11.6 Å². The average Bonchev–Trinajstić information content (AvgIpc) is 3.09. The summed E-state index contributed by atoms with van der Waals surface area (Å²) < 4.78 is 20.2. The van der Waals surface area contributed by atoms with Crippen LogP contribution in [0.15, 0.2) is 36.4 Å². The largest absolute Gasteiger partial charge is 0.381 e. The third-order valence-corrected chi connectivity index (χ3v) is 4.58. The molecule has 8 heteroatoms. The van der Waals surface area contributed by atoms with Crippen molar-refractivity contribution in [2.75, 3.05) is 25.1 Å². The number of hydrogen-bond acceptors (Lipinski definition) is 6. The van der Waals surface area contributed by atoms with Crippen molar-refractivity contribution in [3.63, 3.8) is 0 Å². The Morgan fingerprint density at radius 3 is 2.71 bits per heavy atom. The highest BCUT2D eigenvalue weighted by molar-refractivity contribution is 5.43. The Bertz CT molecular complexity index is 828. The second kappa shape index (κ2) is 6.12. The standard InChI is InChI=1S/C16H17FN6O/c17-13-3-1-12(2-4-13)16(7-9-24-10-8-16)11-18-14-5-6-15-19-21-22-23(15)20-14/h1-6H,7-11H2,(H,18,20). The van der Waals surface area contributed by atoms with Crippen LogP contribution < -0.4 is 5.32 Å². The van der Waals surface area contributed by atoms with E-state index in [1.165, 1.54) is 16.8 Å². The lowest BCUT2D eigenvalue weighted by molar-refractivity contribution is 0.0543. The SMILES string of the molecule is Fc1ccc(C2(CNc3ccc4nnnn4n3)CCOCC2)cc1. The molecule has 0 amide bonds. The summed E-state index contributed by atoms with van der Waals surface area (Å²) in [6.07, 6.45) is 1.75. The van der Waals surface area contributed by atoms with Crippen LogP contribution in [0, 0.1) is 5.82 Å². The van der Waals surface area contributed by atoms with E-state index in [0.717, 1.165) is 18.4 Å². The molecule has 0 atom stereocenters. The third-order valence-electron chi connectivity index (χ3n) is 4.58. The number of nitrogens with zero attached hydrogens (tertiary/aromatic N) is 5. The summed E-state index contributed by atoms with van der Waals surface area (Å²) >= 11 is 0.